The third-order valence-corrected chi connectivity index (χ3v) is 5.26. The average Bonchev–Trinajstić information content (AvgIpc) is 2.37. The van der Waals surface area contributed by atoms with Gasteiger partial charge in [-0.1, -0.05) is 0 Å². The zero-order valence-corrected chi connectivity index (χ0v) is 8.78. The van der Waals surface area contributed by atoms with Gasteiger partial charge in [-0.3, -0.25) is 0 Å². The highest BCUT2D eigenvalue weighted by atomic mass is 28.3. The van der Waals surface area contributed by atoms with Crippen LogP contribution >= 0.6 is 0 Å². The molecule has 0 aliphatic rings. The summed E-state index contributed by atoms with van der Waals surface area (Å²) in [5.41, 5.74) is 0. The van der Waals surface area contributed by atoms with E-state index >= 15 is 0 Å². The van der Waals surface area contributed by atoms with Crippen LogP contribution in [0.1, 0.15) is 0 Å². The monoisotopic (exact) mass is 158 g/mol. The predicted octanol–water partition coefficient (Wildman–Crippen LogP) is -0.863. The van der Waals surface area contributed by atoms with Gasteiger partial charge in [-0.15, -0.1) is 0 Å². The molecule has 1 aromatic heterocycles. The molecule has 0 radical (unpaired) electrons. The molecule has 0 bridgehead atoms. The lowest BCUT2D eigenvalue weighted by Crippen LogP contribution is -2.27. The van der Waals surface area contributed by atoms with Gasteiger partial charge >= 0.3 is 0 Å². The first-order valence-corrected chi connectivity index (χ1v) is 5.93. The molecule has 2 nitrogen and oxygen atoms in total. The first-order valence-electron chi connectivity index (χ1n) is 2.91. The Bertz CT molecular complexity index is 161. The first-order chi connectivity index (χ1) is 4.34. The Kier molecular flexibility index (Phi) is 2.26. The van der Waals surface area contributed by atoms with Crippen molar-refractivity contribution in [2.45, 2.75) is 6.55 Å². The molecule has 1 aromatic rings. The number of hydrogen-bond donors (Lipinski definition) is 0. The van der Waals surface area contributed by atoms with E-state index in [2.05, 4.69) is 6.55 Å². The lowest BCUT2D eigenvalue weighted by atomic mass is 10.7. The van der Waals surface area contributed by atoms with Crippen molar-refractivity contribution in [3.63, 3.8) is 0 Å². The van der Waals surface area contributed by atoms with Gasteiger partial charge in [0.15, 0.2) is 0 Å². The number of furan rings is 1. The van der Waals surface area contributed by atoms with Gasteiger partial charge in [0.05, 0.1) is 6.26 Å². The molecule has 9 heavy (non-hydrogen) atoms. The van der Waals surface area contributed by atoms with Gasteiger partial charge in [0, 0.05) is 0 Å². The Morgan fingerprint density at radius 3 is 3.00 bits per heavy atom. The van der Waals surface area contributed by atoms with E-state index in [4.69, 9.17) is 8.53 Å². The van der Waals surface area contributed by atoms with Gasteiger partial charge in [0.1, 0.15) is 15.9 Å². The maximum atomic E-state index is 5.28. The molecule has 0 saturated carbocycles. The fourth-order valence-electron chi connectivity index (χ4n) is 0.639. The van der Waals surface area contributed by atoms with Crippen molar-refractivity contribution >= 4 is 24.9 Å². The van der Waals surface area contributed by atoms with Crippen molar-refractivity contribution in [2.75, 3.05) is 0 Å². The van der Waals surface area contributed by atoms with E-state index in [0.29, 0.717) is 0 Å². The fourth-order valence-corrected chi connectivity index (χ4v) is 2.22. The summed E-state index contributed by atoms with van der Waals surface area (Å²) in [7, 11) is -0.275. The molecule has 1 unspecified atom stereocenters. The summed E-state index contributed by atoms with van der Waals surface area (Å²) < 4.78 is 10.4. The zero-order valence-electron chi connectivity index (χ0n) is 5.63. The Morgan fingerprint density at radius 1 is 1.78 bits per heavy atom. The molecule has 0 amide bonds. The van der Waals surface area contributed by atoms with Crippen LogP contribution in [0.5, 0.6) is 0 Å². The quantitative estimate of drug-likeness (QED) is 0.523. The first kappa shape index (κ1) is 6.79. The average molecular weight is 158 g/mol. The van der Waals surface area contributed by atoms with Crippen molar-refractivity contribution in [1.29, 1.82) is 0 Å². The van der Waals surface area contributed by atoms with Gasteiger partial charge in [0.25, 0.3) is 0 Å². The van der Waals surface area contributed by atoms with E-state index in [1.54, 1.807) is 6.26 Å². The zero-order chi connectivity index (χ0) is 6.69. The molecule has 1 heterocycles. The van der Waals surface area contributed by atoms with Crippen molar-refractivity contribution < 1.29 is 8.53 Å². The molecule has 50 valence electrons. The molecule has 0 aromatic carbocycles. The smallest absolute Gasteiger partial charge is 0.234 e. The minimum atomic E-state index is -1.10. The second kappa shape index (κ2) is 3.00. The maximum absolute atomic E-state index is 5.28. The van der Waals surface area contributed by atoms with E-state index in [1.807, 2.05) is 12.1 Å². The third kappa shape index (κ3) is 1.54. The van der Waals surface area contributed by atoms with Crippen molar-refractivity contribution in [3.8, 4) is 0 Å². The van der Waals surface area contributed by atoms with E-state index in [1.165, 1.54) is 0 Å². The molecule has 0 spiro atoms. The molecular formula is C5H10O2Si2. The Morgan fingerprint density at radius 2 is 2.56 bits per heavy atom. The standard InChI is InChI=1S/C5H10O2Si2/c1-9(7-8)5-3-2-4-6-5/h2-4,9H,1,8H3. The van der Waals surface area contributed by atoms with Gasteiger partial charge in [-0.25, -0.2) is 0 Å². The SMILES string of the molecule is C[SiH](O[SiH3])c1ccco1. The Balaban J connectivity index is 2.65. The van der Waals surface area contributed by atoms with Crippen molar-refractivity contribution in [3.05, 3.63) is 18.4 Å². The molecule has 1 rings (SSSR count). The highest BCUT2D eigenvalue weighted by molar-refractivity contribution is 6.67. The number of rotatable bonds is 2. The van der Waals surface area contributed by atoms with Gasteiger partial charge in [-0.05, 0) is 18.7 Å². The summed E-state index contributed by atoms with van der Waals surface area (Å²) in [6, 6.07) is 3.88. The topological polar surface area (TPSA) is 22.4 Å². The fraction of sp³-hybridized carbons (Fsp3) is 0.200. The molecule has 0 aliphatic carbocycles. The summed E-state index contributed by atoms with van der Waals surface area (Å²) >= 11 is 0. The summed E-state index contributed by atoms with van der Waals surface area (Å²) in [4.78, 5) is 0. The molecular weight excluding hydrogens is 148 g/mol. The van der Waals surface area contributed by atoms with Crippen molar-refractivity contribution in [2.24, 2.45) is 0 Å². The summed E-state index contributed by atoms with van der Waals surface area (Å²) in [5.74, 6) is 0. The Hall–Kier alpha value is -0.326. The summed E-state index contributed by atoms with van der Waals surface area (Å²) in [5, 5.41) is 1.05. The van der Waals surface area contributed by atoms with Crippen LogP contribution < -0.4 is 5.38 Å². The van der Waals surface area contributed by atoms with Gasteiger partial charge in [-0.2, -0.15) is 0 Å². The third-order valence-electron chi connectivity index (χ3n) is 1.30. The summed E-state index contributed by atoms with van der Waals surface area (Å²) in [6.07, 6.45) is 1.69. The van der Waals surface area contributed by atoms with E-state index in [-0.39, 0.29) is 0 Å². The normalized spacial score (nSPS) is 13.9. The molecule has 4 heteroatoms. The highest BCUT2D eigenvalue weighted by Crippen LogP contribution is 1.87. The molecule has 1 atom stereocenters. The molecule has 0 aliphatic heterocycles. The lowest BCUT2D eigenvalue weighted by Gasteiger charge is -2.01. The van der Waals surface area contributed by atoms with Crippen LogP contribution in [0, 0.1) is 0 Å². The summed E-state index contributed by atoms with van der Waals surface area (Å²) in [6.45, 7) is 2.12. The van der Waals surface area contributed by atoms with Crippen LogP contribution in [-0.2, 0) is 4.12 Å². The van der Waals surface area contributed by atoms with Crippen LogP contribution in [0.25, 0.3) is 0 Å². The van der Waals surface area contributed by atoms with Crippen LogP contribution in [0.15, 0.2) is 22.8 Å². The maximum Gasteiger partial charge on any atom is 0.234 e. The van der Waals surface area contributed by atoms with Crippen molar-refractivity contribution in [1.82, 2.24) is 0 Å². The minimum absolute atomic E-state index is 0.821. The largest absolute Gasteiger partial charge is 0.472 e. The van der Waals surface area contributed by atoms with E-state index in [9.17, 15) is 0 Å². The van der Waals surface area contributed by atoms with Gasteiger partial charge < -0.3 is 8.53 Å². The van der Waals surface area contributed by atoms with Crippen LogP contribution in [0.2, 0.25) is 6.55 Å². The van der Waals surface area contributed by atoms with Gasteiger partial charge in [0.2, 0.25) is 9.04 Å². The van der Waals surface area contributed by atoms with Crippen LogP contribution in [0.4, 0.5) is 0 Å². The second-order valence-corrected chi connectivity index (χ2v) is 5.63. The molecule has 0 saturated heterocycles. The molecule has 0 N–H and O–H groups in total. The Labute approximate surface area is 59.1 Å². The van der Waals surface area contributed by atoms with Crippen LogP contribution in [-0.4, -0.2) is 19.5 Å². The second-order valence-electron chi connectivity index (χ2n) is 1.89. The minimum Gasteiger partial charge on any atom is -0.472 e. The lowest BCUT2D eigenvalue weighted by molar-refractivity contribution is 0.572. The van der Waals surface area contributed by atoms with E-state index in [0.717, 1.165) is 15.9 Å². The highest BCUT2D eigenvalue weighted by Gasteiger charge is 2.06. The number of hydrogen-bond acceptors (Lipinski definition) is 2. The van der Waals surface area contributed by atoms with Crippen LogP contribution in [0.3, 0.4) is 0 Å². The predicted molar refractivity (Wildman–Crippen MR) is 42.4 cm³/mol. The molecule has 0 fully saturated rings. The van der Waals surface area contributed by atoms with E-state index < -0.39 is 9.04 Å².